The SMILES string of the molecule is C[C@@H](C1CCN(Cc2cnc(N3CCCC3)nc2)CC1)N1CCOCC1. The highest BCUT2D eigenvalue weighted by atomic mass is 16.5. The molecule has 6 heteroatoms. The Labute approximate surface area is 157 Å². The van der Waals surface area contributed by atoms with Crippen LogP contribution in [0.4, 0.5) is 5.95 Å². The summed E-state index contributed by atoms with van der Waals surface area (Å²) in [4.78, 5) is 16.7. The topological polar surface area (TPSA) is 44.7 Å². The maximum absolute atomic E-state index is 5.50. The van der Waals surface area contributed by atoms with Crippen molar-refractivity contribution in [1.82, 2.24) is 19.8 Å². The van der Waals surface area contributed by atoms with Crippen molar-refractivity contribution in [2.45, 2.75) is 45.2 Å². The first kappa shape index (κ1) is 18.1. The molecule has 0 aromatic carbocycles. The van der Waals surface area contributed by atoms with Crippen LogP contribution in [0.5, 0.6) is 0 Å². The van der Waals surface area contributed by atoms with Gasteiger partial charge in [-0.15, -0.1) is 0 Å². The van der Waals surface area contributed by atoms with E-state index in [0.29, 0.717) is 6.04 Å². The van der Waals surface area contributed by atoms with Crippen molar-refractivity contribution >= 4 is 5.95 Å². The standard InChI is InChI=1S/C20H33N5O/c1-17(24-10-12-26-13-11-24)19-4-8-23(9-5-19)16-18-14-21-20(22-15-18)25-6-2-3-7-25/h14-15,17,19H,2-13,16H2,1H3/t17-/m0/s1. The van der Waals surface area contributed by atoms with E-state index < -0.39 is 0 Å². The third kappa shape index (κ3) is 4.35. The van der Waals surface area contributed by atoms with Gasteiger partial charge in [-0.2, -0.15) is 0 Å². The summed E-state index contributed by atoms with van der Waals surface area (Å²) in [6, 6.07) is 0.684. The number of aromatic nitrogens is 2. The van der Waals surface area contributed by atoms with Gasteiger partial charge in [-0.05, 0) is 51.6 Å². The van der Waals surface area contributed by atoms with Gasteiger partial charge in [0.1, 0.15) is 0 Å². The molecule has 0 radical (unpaired) electrons. The number of likely N-dealkylation sites (tertiary alicyclic amines) is 1. The van der Waals surface area contributed by atoms with E-state index in [1.165, 1.54) is 44.3 Å². The zero-order valence-electron chi connectivity index (χ0n) is 16.1. The Morgan fingerprint density at radius 1 is 1.00 bits per heavy atom. The van der Waals surface area contributed by atoms with Gasteiger partial charge in [0, 0.05) is 56.7 Å². The molecule has 144 valence electrons. The highest BCUT2D eigenvalue weighted by molar-refractivity contribution is 5.30. The number of hydrogen-bond donors (Lipinski definition) is 0. The molecule has 4 heterocycles. The molecular formula is C20H33N5O. The number of anilines is 1. The predicted molar refractivity (Wildman–Crippen MR) is 103 cm³/mol. The molecule has 3 aliphatic heterocycles. The molecule has 0 bridgehead atoms. The van der Waals surface area contributed by atoms with E-state index in [0.717, 1.165) is 57.8 Å². The van der Waals surface area contributed by atoms with E-state index in [9.17, 15) is 0 Å². The highest BCUT2D eigenvalue weighted by Crippen LogP contribution is 2.25. The van der Waals surface area contributed by atoms with E-state index in [2.05, 4.69) is 31.6 Å². The molecule has 3 fully saturated rings. The second-order valence-electron chi connectivity index (χ2n) is 8.09. The first-order valence-corrected chi connectivity index (χ1v) is 10.4. The lowest BCUT2D eigenvalue weighted by Gasteiger charge is -2.41. The maximum atomic E-state index is 5.50. The third-order valence-corrected chi connectivity index (χ3v) is 6.42. The van der Waals surface area contributed by atoms with Crippen molar-refractivity contribution < 1.29 is 4.74 Å². The molecule has 1 atom stereocenters. The molecule has 0 spiro atoms. The third-order valence-electron chi connectivity index (χ3n) is 6.42. The van der Waals surface area contributed by atoms with Crippen LogP contribution in [0, 0.1) is 5.92 Å². The number of rotatable bonds is 5. The Kier molecular flexibility index (Phi) is 6.02. The van der Waals surface area contributed by atoms with Crippen LogP contribution in [0.15, 0.2) is 12.4 Å². The van der Waals surface area contributed by atoms with Crippen LogP contribution >= 0.6 is 0 Å². The minimum atomic E-state index is 0.684. The lowest BCUT2D eigenvalue weighted by Crippen LogP contribution is -2.48. The van der Waals surface area contributed by atoms with Crippen LogP contribution < -0.4 is 4.90 Å². The van der Waals surface area contributed by atoms with Crippen molar-refractivity contribution in [3.8, 4) is 0 Å². The van der Waals surface area contributed by atoms with Crippen molar-refractivity contribution in [3.05, 3.63) is 18.0 Å². The van der Waals surface area contributed by atoms with Crippen molar-refractivity contribution in [3.63, 3.8) is 0 Å². The zero-order chi connectivity index (χ0) is 17.8. The predicted octanol–water partition coefficient (Wildman–Crippen LogP) is 2.01. The molecule has 0 aliphatic carbocycles. The molecule has 3 saturated heterocycles. The fourth-order valence-electron chi connectivity index (χ4n) is 4.64. The molecule has 1 aromatic heterocycles. The summed E-state index contributed by atoms with van der Waals surface area (Å²) in [5.74, 6) is 1.72. The molecule has 0 amide bonds. The minimum absolute atomic E-state index is 0.684. The minimum Gasteiger partial charge on any atom is -0.379 e. The lowest BCUT2D eigenvalue weighted by molar-refractivity contribution is -0.00193. The molecule has 0 N–H and O–H groups in total. The first-order valence-electron chi connectivity index (χ1n) is 10.4. The van der Waals surface area contributed by atoms with Gasteiger partial charge in [0.2, 0.25) is 5.95 Å². The van der Waals surface area contributed by atoms with E-state index in [1.807, 2.05) is 12.4 Å². The Morgan fingerprint density at radius 3 is 2.31 bits per heavy atom. The van der Waals surface area contributed by atoms with E-state index in [4.69, 9.17) is 4.74 Å². The van der Waals surface area contributed by atoms with Crippen LogP contribution in [0.1, 0.15) is 38.2 Å². The molecular weight excluding hydrogens is 326 g/mol. The van der Waals surface area contributed by atoms with Gasteiger partial charge in [-0.25, -0.2) is 9.97 Å². The number of hydrogen-bond acceptors (Lipinski definition) is 6. The number of ether oxygens (including phenoxy) is 1. The van der Waals surface area contributed by atoms with Crippen LogP contribution in [-0.4, -0.2) is 78.3 Å². The Bertz CT molecular complexity index is 546. The van der Waals surface area contributed by atoms with Gasteiger partial charge in [0.25, 0.3) is 0 Å². The maximum Gasteiger partial charge on any atom is 0.225 e. The summed E-state index contributed by atoms with van der Waals surface area (Å²) >= 11 is 0. The summed E-state index contributed by atoms with van der Waals surface area (Å²) in [6.07, 6.45) is 9.19. The highest BCUT2D eigenvalue weighted by Gasteiger charge is 2.28. The molecule has 0 saturated carbocycles. The normalized spacial score (nSPS) is 24.9. The number of morpholine rings is 1. The van der Waals surface area contributed by atoms with Crippen molar-refractivity contribution in [2.75, 3.05) is 57.4 Å². The molecule has 26 heavy (non-hydrogen) atoms. The van der Waals surface area contributed by atoms with Gasteiger partial charge in [-0.1, -0.05) is 0 Å². The van der Waals surface area contributed by atoms with Crippen molar-refractivity contribution in [1.29, 1.82) is 0 Å². The molecule has 1 aromatic rings. The Balaban J connectivity index is 1.24. The van der Waals surface area contributed by atoms with Gasteiger partial charge in [0.15, 0.2) is 0 Å². The average Bonchev–Trinajstić information content (AvgIpc) is 3.24. The molecule has 6 nitrogen and oxygen atoms in total. The van der Waals surface area contributed by atoms with Crippen LogP contribution in [0.2, 0.25) is 0 Å². The van der Waals surface area contributed by atoms with Crippen LogP contribution in [0.25, 0.3) is 0 Å². The summed E-state index contributed by atoms with van der Waals surface area (Å²) in [6.45, 7) is 12.0. The lowest BCUT2D eigenvalue weighted by atomic mass is 9.89. The zero-order valence-corrected chi connectivity index (χ0v) is 16.1. The molecule has 0 unspecified atom stereocenters. The first-order chi connectivity index (χ1) is 12.8. The average molecular weight is 360 g/mol. The summed E-state index contributed by atoms with van der Waals surface area (Å²) < 4.78 is 5.50. The monoisotopic (exact) mass is 359 g/mol. The Morgan fingerprint density at radius 2 is 1.65 bits per heavy atom. The van der Waals surface area contributed by atoms with Crippen molar-refractivity contribution in [2.24, 2.45) is 5.92 Å². The molecule has 3 aliphatic rings. The van der Waals surface area contributed by atoms with Gasteiger partial charge in [-0.3, -0.25) is 9.80 Å². The molecule has 4 rings (SSSR count). The second kappa shape index (κ2) is 8.63. The Hall–Kier alpha value is -1.24. The van der Waals surface area contributed by atoms with Gasteiger partial charge in [0.05, 0.1) is 13.2 Å². The van der Waals surface area contributed by atoms with E-state index >= 15 is 0 Å². The van der Waals surface area contributed by atoms with E-state index in [-0.39, 0.29) is 0 Å². The summed E-state index contributed by atoms with van der Waals surface area (Å²) in [5.41, 5.74) is 1.24. The van der Waals surface area contributed by atoms with Crippen LogP contribution in [0.3, 0.4) is 0 Å². The fourth-order valence-corrected chi connectivity index (χ4v) is 4.64. The smallest absolute Gasteiger partial charge is 0.225 e. The van der Waals surface area contributed by atoms with Crippen LogP contribution in [-0.2, 0) is 11.3 Å². The van der Waals surface area contributed by atoms with Gasteiger partial charge < -0.3 is 9.64 Å². The quantitative estimate of drug-likeness (QED) is 0.801. The summed E-state index contributed by atoms with van der Waals surface area (Å²) in [5, 5.41) is 0. The van der Waals surface area contributed by atoms with E-state index in [1.54, 1.807) is 0 Å². The number of nitrogens with zero attached hydrogens (tertiary/aromatic N) is 5. The largest absolute Gasteiger partial charge is 0.379 e. The fraction of sp³-hybridized carbons (Fsp3) is 0.800. The number of piperidine rings is 1. The van der Waals surface area contributed by atoms with Gasteiger partial charge >= 0.3 is 0 Å². The second-order valence-corrected chi connectivity index (χ2v) is 8.09. The summed E-state index contributed by atoms with van der Waals surface area (Å²) in [7, 11) is 0.